The molecule has 0 spiro atoms. The number of carbonyl (C=O) groups is 1. The Kier molecular flexibility index (Phi) is 4.46. The van der Waals surface area contributed by atoms with Gasteiger partial charge in [-0.3, -0.25) is 4.79 Å². The van der Waals surface area contributed by atoms with E-state index in [2.05, 4.69) is 43.4 Å². The topological polar surface area (TPSA) is 49.3 Å². The number of benzene rings is 1. The first kappa shape index (κ1) is 13.9. The molecule has 3 nitrogen and oxygen atoms in total. The van der Waals surface area contributed by atoms with Crippen molar-refractivity contribution in [1.29, 1.82) is 0 Å². The Morgan fingerprint density at radius 2 is 1.95 bits per heavy atom. The molecule has 1 saturated carbocycles. The molecule has 2 atom stereocenters. The van der Waals surface area contributed by atoms with Crippen LogP contribution in [0.1, 0.15) is 51.0 Å². The summed E-state index contributed by atoms with van der Waals surface area (Å²) in [7, 11) is 0. The molecular weight excluding hydrogens is 238 g/mol. The van der Waals surface area contributed by atoms with E-state index in [0.717, 1.165) is 31.4 Å². The first-order chi connectivity index (χ1) is 9.06. The lowest BCUT2D eigenvalue weighted by Gasteiger charge is -2.28. The molecule has 0 radical (unpaired) electrons. The molecule has 0 aromatic heterocycles. The lowest BCUT2D eigenvalue weighted by Crippen LogP contribution is -2.30. The van der Waals surface area contributed by atoms with E-state index >= 15 is 0 Å². The Labute approximate surface area is 115 Å². The SMILES string of the molecule is CC(C)c1ccc(NC2CCCC(C(=O)O)C2)cc1. The smallest absolute Gasteiger partial charge is 0.306 e. The molecule has 19 heavy (non-hydrogen) atoms. The van der Waals surface area contributed by atoms with Gasteiger partial charge in [-0.1, -0.05) is 32.4 Å². The zero-order chi connectivity index (χ0) is 13.8. The van der Waals surface area contributed by atoms with Crippen molar-refractivity contribution >= 4 is 11.7 Å². The monoisotopic (exact) mass is 261 g/mol. The van der Waals surface area contributed by atoms with Gasteiger partial charge in [-0.2, -0.15) is 0 Å². The van der Waals surface area contributed by atoms with Gasteiger partial charge in [0.05, 0.1) is 5.92 Å². The van der Waals surface area contributed by atoms with Gasteiger partial charge in [0.15, 0.2) is 0 Å². The van der Waals surface area contributed by atoms with Crippen LogP contribution in [-0.4, -0.2) is 17.1 Å². The van der Waals surface area contributed by atoms with Gasteiger partial charge in [0.2, 0.25) is 0 Å². The van der Waals surface area contributed by atoms with Gasteiger partial charge < -0.3 is 10.4 Å². The van der Waals surface area contributed by atoms with E-state index in [1.807, 2.05) is 0 Å². The highest BCUT2D eigenvalue weighted by atomic mass is 16.4. The number of anilines is 1. The minimum Gasteiger partial charge on any atom is -0.481 e. The molecule has 1 aliphatic rings. The third-order valence-electron chi connectivity index (χ3n) is 3.97. The first-order valence-corrected chi connectivity index (χ1v) is 7.15. The minimum absolute atomic E-state index is 0.179. The summed E-state index contributed by atoms with van der Waals surface area (Å²) in [6.07, 6.45) is 3.62. The molecule has 3 heteroatoms. The van der Waals surface area contributed by atoms with Crippen LogP contribution in [0.25, 0.3) is 0 Å². The molecule has 2 unspecified atom stereocenters. The van der Waals surface area contributed by atoms with E-state index < -0.39 is 5.97 Å². The van der Waals surface area contributed by atoms with Crippen molar-refractivity contribution in [2.24, 2.45) is 5.92 Å². The Morgan fingerprint density at radius 3 is 2.53 bits per heavy atom. The summed E-state index contributed by atoms with van der Waals surface area (Å²) in [6, 6.07) is 8.77. The van der Waals surface area contributed by atoms with Crippen molar-refractivity contribution in [1.82, 2.24) is 0 Å². The fourth-order valence-corrected chi connectivity index (χ4v) is 2.75. The number of carboxylic acid groups (broad SMARTS) is 1. The highest BCUT2D eigenvalue weighted by molar-refractivity contribution is 5.70. The Balaban J connectivity index is 1.95. The molecule has 1 fully saturated rings. The molecule has 0 heterocycles. The number of carboxylic acids is 1. The molecule has 0 bridgehead atoms. The highest BCUT2D eigenvalue weighted by Crippen LogP contribution is 2.27. The third kappa shape index (κ3) is 3.72. The molecule has 0 aliphatic heterocycles. The van der Waals surface area contributed by atoms with Crippen LogP contribution in [-0.2, 0) is 4.79 Å². The van der Waals surface area contributed by atoms with Crippen molar-refractivity contribution in [2.75, 3.05) is 5.32 Å². The predicted molar refractivity (Wildman–Crippen MR) is 77.5 cm³/mol. The van der Waals surface area contributed by atoms with E-state index in [1.54, 1.807) is 0 Å². The molecular formula is C16H23NO2. The van der Waals surface area contributed by atoms with Crippen LogP contribution in [0.4, 0.5) is 5.69 Å². The van der Waals surface area contributed by atoms with E-state index in [9.17, 15) is 4.79 Å². The van der Waals surface area contributed by atoms with E-state index in [1.165, 1.54) is 5.56 Å². The zero-order valence-corrected chi connectivity index (χ0v) is 11.7. The maximum atomic E-state index is 11.0. The average molecular weight is 261 g/mol. The molecule has 1 aliphatic carbocycles. The van der Waals surface area contributed by atoms with Gasteiger partial charge >= 0.3 is 5.97 Å². The molecule has 0 amide bonds. The lowest BCUT2D eigenvalue weighted by molar-refractivity contribution is -0.142. The second-order valence-electron chi connectivity index (χ2n) is 5.82. The van der Waals surface area contributed by atoms with Crippen LogP contribution >= 0.6 is 0 Å². The molecule has 1 aromatic rings. The van der Waals surface area contributed by atoms with Crippen LogP contribution in [0.3, 0.4) is 0 Å². The van der Waals surface area contributed by atoms with Crippen LogP contribution in [0.2, 0.25) is 0 Å². The van der Waals surface area contributed by atoms with Gasteiger partial charge in [0.1, 0.15) is 0 Å². The fraction of sp³-hybridized carbons (Fsp3) is 0.562. The number of hydrogen-bond acceptors (Lipinski definition) is 2. The molecule has 2 N–H and O–H groups in total. The number of hydrogen-bond donors (Lipinski definition) is 2. The Morgan fingerprint density at radius 1 is 1.26 bits per heavy atom. The largest absolute Gasteiger partial charge is 0.481 e. The van der Waals surface area contributed by atoms with E-state index in [4.69, 9.17) is 5.11 Å². The van der Waals surface area contributed by atoms with Crippen LogP contribution in [0.15, 0.2) is 24.3 Å². The maximum Gasteiger partial charge on any atom is 0.306 e. The minimum atomic E-state index is -0.651. The quantitative estimate of drug-likeness (QED) is 0.865. The van der Waals surface area contributed by atoms with Gasteiger partial charge in [-0.15, -0.1) is 0 Å². The normalized spacial score (nSPS) is 23.3. The maximum absolute atomic E-state index is 11.0. The van der Waals surface area contributed by atoms with Crippen molar-refractivity contribution in [3.8, 4) is 0 Å². The Bertz CT molecular complexity index is 425. The van der Waals surface area contributed by atoms with Crippen molar-refractivity contribution in [3.05, 3.63) is 29.8 Å². The van der Waals surface area contributed by atoms with Gasteiger partial charge in [0, 0.05) is 11.7 Å². The van der Waals surface area contributed by atoms with Gasteiger partial charge in [-0.05, 0) is 42.9 Å². The molecule has 1 aromatic carbocycles. The summed E-state index contributed by atoms with van der Waals surface area (Å²) in [5.74, 6) is -0.289. The summed E-state index contributed by atoms with van der Waals surface area (Å²) < 4.78 is 0. The van der Waals surface area contributed by atoms with Crippen molar-refractivity contribution in [3.63, 3.8) is 0 Å². The Hall–Kier alpha value is -1.51. The number of nitrogens with one attached hydrogen (secondary N) is 1. The summed E-state index contributed by atoms with van der Waals surface area (Å²) in [4.78, 5) is 11.0. The molecule has 2 rings (SSSR count). The van der Waals surface area contributed by atoms with Crippen LogP contribution in [0, 0.1) is 5.92 Å². The third-order valence-corrected chi connectivity index (χ3v) is 3.97. The van der Waals surface area contributed by atoms with Crippen LogP contribution < -0.4 is 5.32 Å². The summed E-state index contributed by atoms with van der Waals surface area (Å²) in [5.41, 5.74) is 2.43. The zero-order valence-electron chi connectivity index (χ0n) is 11.7. The fourth-order valence-electron chi connectivity index (χ4n) is 2.75. The first-order valence-electron chi connectivity index (χ1n) is 7.15. The van der Waals surface area contributed by atoms with E-state index in [-0.39, 0.29) is 5.92 Å². The number of rotatable bonds is 4. The lowest BCUT2D eigenvalue weighted by atomic mass is 9.85. The molecule has 0 saturated heterocycles. The molecule has 104 valence electrons. The second-order valence-corrected chi connectivity index (χ2v) is 5.82. The standard InChI is InChI=1S/C16H23NO2/c1-11(2)12-6-8-14(9-7-12)17-15-5-3-4-13(10-15)16(18)19/h6-9,11,13,15,17H,3-5,10H2,1-2H3,(H,18,19). The second kappa shape index (κ2) is 6.09. The van der Waals surface area contributed by atoms with Crippen molar-refractivity contribution < 1.29 is 9.90 Å². The highest BCUT2D eigenvalue weighted by Gasteiger charge is 2.26. The predicted octanol–water partition coefficient (Wildman–Crippen LogP) is 3.87. The van der Waals surface area contributed by atoms with Gasteiger partial charge in [-0.25, -0.2) is 0 Å². The summed E-state index contributed by atoms with van der Waals surface area (Å²) in [5, 5.41) is 12.6. The van der Waals surface area contributed by atoms with E-state index in [0.29, 0.717) is 12.0 Å². The van der Waals surface area contributed by atoms with Crippen molar-refractivity contribution in [2.45, 2.75) is 51.5 Å². The summed E-state index contributed by atoms with van der Waals surface area (Å²) in [6.45, 7) is 4.36. The number of aliphatic carboxylic acids is 1. The van der Waals surface area contributed by atoms with Gasteiger partial charge in [0.25, 0.3) is 0 Å². The summed E-state index contributed by atoms with van der Waals surface area (Å²) >= 11 is 0. The average Bonchev–Trinajstić information content (AvgIpc) is 2.39. The van der Waals surface area contributed by atoms with Crippen LogP contribution in [0.5, 0.6) is 0 Å².